The van der Waals surface area contributed by atoms with Crippen molar-refractivity contribution in [2.75, 3.05) is 12.4 Å². The Bertz CT molecular complexity index is 405. The molecule has 0 saturated heterocycles. The van der Waals surface area contributed by atoms with Crippen LogP contribution in [0.4, 0.5) is 5.69 Å². The topological polar surface area (TPSA) is 46.2 Å². The van der Waals surface area contributed by atoms with Crippen LogP contribution in [0.2, 0.25) is 0 Å². The minimum Gasteiger partial charge on any atom is -0.480 e. The smallest absolute Gasteiger partial charge is 0.237 e. The summed E-state index contributed by atoms with van der Waals surface area (Å²) in [7, 11) is 1.60. The first kappa shape index (κ1) is 13.1. The molecule has 0 radical (unpaired) electrons. The molecule has 1 aromatic heterocycles. The van der Waals surface area contributed by atoms with Gasteiger partial charge < -0.3 is 15.4 Å². The predicted molar refractivity (Wildman–Crippen MR) is 77.0 cm³/mol. The highest BCUT2D eigenvalue weighted by Crippen LogP contribution is 2.20. The second-order valence-corrected chi connectivity index (χ2v) is 4.90. The number of hydrogen-bond donors (Lipinski definition) is 2. The quantitative estimate of drug-likeness (QED) is 0.823. The standard InChI is InChI=1S/C13H19N3OS/c1-17-12-11(8-5-9-14-12)16-13(18)15-10-6-3-2-4-7-10/h5,8-10H,2-4,6-7H2,1H3,(H2,15,16,18). The van der Waals surface area contributed by atoms with Gasteiger partial charge in [-0.1, -0.05) is 19.3 Å². The van der Waals surface area contributed by atoms with Crippen LogP contribution in [0.5, 0.6) is 5.88 Å². The molecule has 4 nitrogen and oxygen atoms in total. The molecule has 0 spiro atoms. The third-order valence-corrected chi connectivity index (χ3v) is 3.37. The van der Waals surface area contributed by atoms with Gasteiger partial charge in [0.15, 0.2) is 5.11 Å². The monoisotopic (exact) mass is 265 g/mol. The van der Waals surface area contributed by atoms with Gasteiger partial charge >= 0.3 is 0 Å². The molecule has 0 unspecified atom stereocenters. The minimum atomic E-state index is 0.501. The summed E-state index contributed by atoms with van der Waals surface area (Å²) in [6.45, 7) is 0. The number of ether oxygens (including phenoxy) is 1. The lowest BCUT2D eigenvalue weighted by atomic mass is 9.96. The van der Waals surface area contributed by atoms with Gasteiger partial charge in [-0.25, -0.2) is 4.98 Å². The molecular formula is C13H19N3OS. The van der Waals surface area contributed by atoms with Crippen LogP contribution in [0, 0.1) is 0 Å². The zero-order valence-electron chi connectivity index (χ0n) is 10.6. The van der Waals surface area contributed by atoms with E-state index in [-0.39, 0.29) is 0 Å². The van der Waals surface area contributed by atoms with Gasteiger partial charge in [0.2, 0.25) is 5.88 Å². The van der Waals surface area contributed by atoms with E-state index in [1.807, 2.05) is 12.1 Å². The lowest BCUT2D eigenvalue weighted by molar-refractivity contribution is 0.400. The van der Waals surface area contributed by atoms with Gasteiger partial charge in [0, 0.05) is 12.2 Å². The summed E-state index contributed by atoms with van der Waals surface area (Å²) in [5.74, 6) is 0.560. The van der Waals surface area contributed by atoms with Gasteiger partial charge in [0.05, 0.1) is 7.11 Å². The number of rotatable bonds is 3. The molecule has 5 heteroatoms. The SMILES string of the molecule is COc1ncccc1NC(=S)NC1CCCCC1. The third-order valence-electron chi connectivity index (χ3n) is 3.15. The molecule has 1 aliphatic rings. The lowest BCUT2D eigenvalue weighted by Gasteiger charge is -2.24. The molecule has 0 amide bonds. The molecule has 0 atom stereocenters. The fourth-order valence-electron chi connectivity index (χ4n) is 2.24. The van der Waals surface area contributed by atoms with Crippen molar-refractivity contribution >= 4 is 23.0 Å². The van der Waals surface area contributed by atoms with Crippen LogP contribution in [-0.4, -0.2) is 23.2 Å². The van der Waals surface area contributed by atoms with Crippen molar-refractivity contribution < 1.29 is 4.74 Å². The summed E-state index contributed by atoms with van der Waals surface area (Å²) in [5, 5.41) is 7.14. The van der Waals surface area contributed by atoms with Crippen LogP contribution >= 0.6 is 12.2 Å². The molecule has 2 rings (SSSR count). The van der Waals surface area contributed by atoms with Gasteiger partial charge in [-0.3, -0.25) is 0 Å². The first-order valence-corrected chi connectivity index (χ1v) is 6.77. The Kier molecular flexibility index (Phi) is 4.75. The molecule has 1 saturated carbocycles. The first-order valence-electron chi connectivity index (χ1n) is 6.36. The minimum absolute atomic E-state index is 0.501. The Balaban J connectivity index is 1.90. The fraction of sp³-hybridized carbons (Fsp3) is 0.538. The van der Waals surface area contributed by atoms with Crippen molar-refractivity contribution in [2.45, 2.75) is 38.1 Å². The third kappa shape index (κ3) is 3.57. The van der Waals surface area contributed by atoms with E-state index in [0.29, 0.717) is 17.0 Å². The molecular weight excluding hydrogens is 246 g/mol. The number of thiocarbonyl (C=S) groups is 1. The van der Waals surface area contributed by atoms with Gasteiger partial charge in [0.1, 0.15) is 5.69 Å². The number of aromatic nitrogens is 1. The molecule has 0 aromatic carbocycles. The van der Waals surface area contributed by atoms with E-state index in [4.69, 9.17) is 17.0 Å². The first-order chi connectivity index (χ1) is 8.79. The molecule has 1 heterocycles. The van der Waals surface area contributed by atoms with E-state index >= 15 is 0 Å². The predicted octanol–water partition coefficient (Wildman–Crippen LogP) is 2.71. The van der Waals surface area contributed by atoms with Gasteiger partial charge in [-0.05, 0) is 37.2 Å². The number of pyridine rings is 1. The van der Waals surface area contributed by atoms with E-state index in [1.165, 1.54) is 32.1 Å². The fourth-order valence-corrected chi connectivity index (χ4v) is 2.52. The van der Waals surface area contributed by atoms with E-state index in [2.05, 4.69) is 15.6 Å². The van der Waals surface area contributed by atoms with E-state index in [0.717, 1.165) is 5.69 Å². The molecule has 1 aliphatic carbocycles. The number of nitrogens with one attached hydrogen (secondary N) is 2. The van der Waals surface area contributed by atoms with Crippen molar-refractivity contribution in [1.29, 1.82) is 0 Å². The lowest BCUT2D eigenvalue weighted by Crippen LogP contribution is -2.38. The highest BCUT2D eigenvalue weighted by atomic mass is 32.1. The summed E-state index contributed by atoms with van der Waals surface area (Å²) >= 11 is 5.32. The van der Waals surface area contributed by atoms with Crippen LogP contribution < -0.4 is 15.4 Å². The van der Waals surface area contributed by atoms with Crippen molar-refractivity contribution in [3.8, 4) is 5.88 Å². The summed E-state index contributed by atoms with van der Waals surface area (Å²) in [6.07, 6.45) is 8.02. The summed E-state index contributed by atoms with van der Waals surface area (Å²) < 4.78 is 5.18. The Morgan fingerprint density at radius 3 is 2.89 bits per heavy atom. The number of nitrogens with zero attached hydrogens (tertiary/aromatic N) is 1. The highest BCUT2D eigenvalue weighted by Gasteiger charge is 2.14. The second kappa shape index (κ2) is 6.54. The van der Waals surface area contributed by atoms with Crippen LogP contribution in [-0.2, 0) is 0 Å². The highest BCUT2D eigenvalue weighted by molar-refractivity contribution is 7.80. The zero-order chi connectivity index (χ0) is 12.8. The van der Waals surface area contributed by atoms with Crippen molar-refractivity contribution in [1.82, 2.24) is 10.3 Å². The van der Waals surface area contributed by atoms with Crippen LogP contribution in [0.25, 0.3) is 0 Å². The van der Waals surface area contributed by atoms with Gasteiger partial charge in [-0.15, -0.1) is 0 Å². The van der Waals surface area contributed by atoms with Gasteiger partial charge in [-0.2, -0.15) is 0 Å². The van der Waals surface area contributed by atoms with Crippen molar-refractivity contribution in [3.05, 3.63) is 18.3 Å². The maximum atomic E-state index is 5.32. The van der Waals surface area contributed by atoms with Crippen LogP contribution in [0.1, 0.15) is 32.1 Å². The van der Waals surface area contributed by atoms with E-state index in [9.17, 15) is 0 Å². The molecule has 1 fully saturated rings. The Morgan fingerprint density at radius 1 is 1.39 bits per heavy atom. The Hall–Kier alpha value is -1.36. The summed E-state index contributed by atoms with van der Waals surface area (Å²) in [6, 6.07) is 4.26. The number of hydrogen-bond acceptors (Lipinski definition) is 3. The number of anilines is 1. The van der Waals surface area contributed by atoms with Crippen LogP contribution in [0.3, 0.4) is 0 Å². The molecule has 0 bridgehead atoms. The maximum absolute atomic E-state index is 5.32. The van der Waals surface area contributed by atoms with E-state index < -0.39 is 0 Å². The molecule has 0 aliphatic heterocycles. The number of methoxy groups -OCH3 is 1. The average molecular weight is 265 g/mol. The Morgan fingerprint density at radius 2 is 2.17 bits per heavy atom. The van der Waals surface area contributed by atoms with Crippen LogP contribution in [0.15, 0.2) is 18.3 Å². The second-order valence-electron chi connectivity index (χ2n) is 4.49. The van der Waals surface area contributed by atoms with Crippen molar-refractivity contribution in [2.24, 2.45) is 0 Å². The van der Waals surface area contributed by atoms with E-state index in [1.54, 1.807) is 13.3 Å². The van der Waals surface area contributed by atoms with Gasteiger partial charge in [0.25, 0.3) is 0 Å². The Labute approximate surface area is 113 Å². The molecule has 1 aromatic rings. The maximum Gasteiger partial charge on any atom is 0.237 e. The largest absolute Gasteiger partial charge is 0.480 e. The summed E-state index contributed by atoms with van der Waals surface area (Å²) in [5.41, 5.74) is 0.799. The molecule has 98 valence electrons. The summed E-state index contributed by atoms with van der Waals surface area (Å²) in [4.78, 5) is 4.12. The zero-order valence-corrected chi connectivity index (χ0v) is 11.4. The average Bonchev–Trinajstić information content (AvgIpc) is 2.40. The normalized spacial score (nSPS) is 16.1. The molecule has 2 N–H and O–H groups in total. The van der Waals surface area contributed by atoms with Crippen molar-refractivity contribution in [3.63, 3.8) is 0 Å². The molecule has 18 heavy (non-hydrogen) atoms.